The van der Waals surface area contributed by atoms with Gasteiger partial charge in [0.25, 0.3) is 5.91 Å². The minimum absolute atomic E-state index is 0.0388. The molecule has 30 heavy (non-hydrogen) atoms. The number of carbonyl (C=O) groups is 1. The second-order valence-corrected chi connectivity index (χ2v) is 7.25. The van der Waals surface area contributed by atoms with Gasteiger partial charge in [-0.25, -0.2) is 4.98 Å². The molecule has 1 saturated heterocycles. The predicted octanol–water partition coefficient (Wildman–Crippen LogP) is 2.31. The van der Waals surface area contributed by atoms with Crippen molar-refractivity contribution in [3.05, 3.63) is 59.8 Å². The molecule has 152 valence electrons. The van der Waals surface area contributed by atoms with Crippen molar-refractivity contribution in [3.63, 3.8) is 0 Å². The van der Waals surface area contributed by atoms with Crippen LogP contribution in [-0.4, -0.2) is 54.5 Å². The van der Waals surface area contributed by atoms with Gasteiger partial charge in [0.1, 0.15) is 23.4 Å². The molecule has 9 nitrogen and oxygen atoms in total. The topological polar surface area (TPSA) is 110 Å². The molecule has 3 aromatic rings. The minimum Gasteiger partial charge on any atom is -0.472 e. The number of nitrogens with zero attached hydrogens (tertiary/aromatic N) is 7. The fourth-order valence-corrected chi connectivity index (χ4v) is 3.59. The summed E-state index contributed by atoms with van der Waals surface area (Å²) < 4.78 is 6.05. The number of carbonyl (C=O) groups excluding carboxylic acids is 1. The molecule has 0 aromatic carbocycles. The van der Waals surface area contributed by atoms with Crippen molar-refractivity contribution in [1.82, 2.24) is 29.9 Å². The largest absolute Gasteiger partial charge is 0.472 e. The summed E-state index contributed by atoms with van der Waals surface area (Å²) in [6.07, 6.45) is 9.18. The summed E-state index contributed by atoms with van der Waals surface area (Å²) in [5.74, 6) is 0.154. The van der Waals surface area contributed by atoms with Crippen LogP contribution in [0.1, 0.15) is 41.3 Å². The van der Waals surface area contributed by atoms with Crippen LogP contribution in [-0.2, 0) is 0 Å². The third-order valence-corrected chi connectivity index (χ3v) is 5.28. The monoisotopic (exact) mass is 403 g/mol. The van der Waals surface area contributed by atoms with Crippen molar-refractivity contribution < 1.29 is 9.53 Å². The molecular formula is C21H21N7O2. The Morgan fingerprint density at radius 1 is 1.20 bits per heavy atom. The molecule has 1 fully saturated rings. The number of hydrogen-bond donors (Lipinski definition) is 0. The lowest BCUT2D eigenvalue weighted by atomic mass is 10.00. The van der Waals surface area contributed by atoms with Gasteiger partial charge in [0, 0.05) is 24.6 Å². The summed E-state index contributed by atoms with van der Waals surface area (Å²) in [5.41, 5.74) is 2.23. The Hall–Kier alpha value is -3.80. The van der Waals surface area contributed by atoms with E-state index in [9.17, 15) is 10.1 Å². The van der Waals surface area contributed by atoms with E-state index in [0.29, 0.717) is 29.2 Å². The Morgan fingerprint density at radius 3 is 2.77 bits per heavy atom. The highest BCUT2D eigenvalue weighted by Gasteiger charge is 2.32. The van der Waals surface area contributed by atoms with Gasteiger partial charge in [0.15, 0.2) is 0 Å². The van der Waals surface area contributed by atoms with Gasteiger partial charge in [-0.15, -0.1) is 0 Å². The van der Waals surface area contributed by atoms with Gasteiger partial charge in [-0.1, -0.05) is 0 Å². The first-order valence-corrected chi connectivity index (χ1v) is 9.72. The molecule has 2 atom stereocenters. The highest BCUT2D eigenvalue weighted by atomic mass is 16.5. The third-order valence-electron chi connectivity index (χ3n) is 5.28. The zero-order valence-corrected chi connectivity index (χ0v) is 16.8. The zero-order chi connectivity index (χ0) is 21.1. The van der Waals surface area contributed by atoms with Crippen molar-refractivity contribution in [2.75, 3.05) is 6.54 Å². The Balaban J connectivity index is 1.58. The predicted molar refractivity (Wildman–Crippen MR) is 107 cm³/mol. The Labute approximate surface area is 173 Å². The van der Waals surface area contributed by atoms with Crippen LogP contribution in [0.5, 0.6) is 5.88 Å². The van der Waals surface area contributed by atoms with Crippen LogP contribution >= 0.6 is 0 Å². The fraction of sp³-hybridized carbons (Fsp3) is 0.333. The number of likely N-dealkylation sites (tertiary alicyclic amines) is 1. The Kier molecular flexibility index (Phi) is 5.39. The smallest absolute Gasteiger partial charge is 0.258 e. The number of aromatic nitrogens is 5. The summed E-state index contributed by atoms with van der Waals surface area (Å²) in [6, 6.07) is 5.68. The number of aryl methyl sites for hydroxylation is 1. The quantitative estimate of drug-likeness (QED) is 0.657. The fourth-order valence-electron chi connectivity index (χ4n) is 3.59. The van der Waals surface area contributed by atoms with E-state index in [-0.39, 0.29) is 18.1 Å². The highest BCUT2D eigenvalue weighted by molar-refractivity contribution is 5.97. The zero-order valence-electron chi connectivity index (χ0n) is 16.8. The molecule has 9 heteroatoms. The van der Waals surface area contributed by atoms with Gasteiger partial charge < -0.3 is 9.64 Å². The van der Waals surface area contributed by atoms with E-state index < -0.39 is 0 Å². The summed E-state index contributed by atoms with van der Waals surface area (Å²) in [5, 5.41) is 17.7. The average Bonchev–Trinajstić information content (AvgIpc) is 3.30. The van der Waals surface area contributed by atoms with E-state index in [2.05, 4.69) is 26.2 Å². The molecule has 1 aliphatic heterocycles. The maximum Gasteiger partial charge on any atom is 0.258 e. The summed E-state index contributed by atoms with van der Waals surface area (Å²) in [7, 11) is 0. The van der Waals surface area contributed by atoms with Crippen LogP contribution in [0.2, 0.25) is 0 Å². The van der Waals surface area contributed by atoms with Gasteiger partial charge in [-0.3, -0.25) is 9.78 Å². The second-order valence-electron chi connectivity index (χ2n) is 7.25. The standard InChI is InChI=1S/C21H21N7O2/c1-14-5-8-24-20(17(14)11-22)30-16-4-3-15(2)27(13-16)21(29)18-12-23-7-6-19(18)28-25-9-10-26-28/h5-10,12,15-16H,3-4,13H2,1-2H3. The SMILES string of the molecule is Cc1ccnc(OC2CCC(C)N(C(=O)c3cnccc3-n3nccn3)C2)c1C#N. The molecule has 1 amide bonds. The molecule has 0 spiro atoms. The number of ether oxygens (including phenoxy) is 1. The molecule has 0 bridgehead atoms. The van der Waals surface area contributed by atoms with Crippen molar-refractivity contribution in [1.29, 1.82) is 5.26 Å². The molecule has 2 unspecified atom stereocenters. The summed E-state index contributed by atoms with van der Waals surface area (Å²) in [4.78, 5) is 24.9. The van der Waals surface area contributed by atoms with Crippen LogP contribution < -0.4 is 4.74 Å². The molecule has 0 radical (unpaired) electrons. The number of hydrogen-bond acceptors (Lipinski definition) is 7. The van der Waals surface area contributed by atoms with E-state index in [1.165, 1.54) is 11.0 Å². The lowest BCUT2D eigenvalue weighted by molar-refractivity contribution is 0.0371. The lowest BCUT2D eigenvalue weighted by Gasteiger charge is -2.38. The normalized spacial score (nSPS) is 18.6. The lowest BCUT2D eigenvalue weighted by Crippen LogP contribution is -2.49. The maximum absolute atomic E-state index is 13.4. The second kappa shape index (κ2) is 8.29. The van der Waals surface area contributed by atoms with Crippen LogP contribution in [0, 0.1) is 18.3 Å². The molecular weight excluding hydrogens is 382 g/mol. The first kappa shape index (κ1) is 19.5. The van der Waals surface area contributed by atoms with Gasteiger partial charge >= 0.3 is 0 Å². The van der Waals surface area contributed by atoms with Crippen molar-refractivity contribution >= 4 is 5.91 Å². The summed E-state index contributed by atoms with van der Waals surface area (Å²) >= 11 is 0. The Bertz CT molecular complexity index is 1090. The first-order chi connectivity index (χ1) is 14.6. The van der Waals surface area contributed by atoms with Crippen LogP contribution in [0.15, 0.2) is 43.1 Å². The number of nitriles is 1. The first-order valence-electron chi connectivity index (χ1n) is 9.72. The minimum atomic E-state index is -0.255. The van der Waals surface area contributed by atoms with Crippen LogP contribution in [0.25, 0.3) is 5.69 Å². The van der Waals surface area contributed by atoms with Gasteiger partial charge in [0.2, 0.25) is 5.88 Å². The van der Waals surface area contributed by atoms with Crippen molar-refractivity contribution in [2.45, 2.75) is 38.8 Å². The van der Waals surface area contributed by atoms with Gasteiger partial charge in [-0.05, 0) is 44.4 Å². The Morgan fingerprint density at radius 2 is 2.00 bits per heavy atom. The van der Waals surface area contributed by atoms with Crippen molar-refractivity contribution in [2.24, 2.45) is 0 Å². The molecule has 1 aliphatic rings. The van der Waals surface area contributed by atoms with Crippen LogP contribution in [0.3, 0.4) is 0 Å². The third kappa shape index (κ3) is 3.72. The maximum atomic E-state index is 13.4. The molecule has 0 aliphatic carbocycles. The van der Waals surface area contributed by atoms with E-state index in [4.69, 9.17) is 4.74 Å². The van der Waals surface area contributed by atoms with Gasteiger partial charge in [0.05, 0.1) is 24.5 Å². The molecule has 0 saturated carbocycles. The number of piperidine rings is 1. The highest BCUT2D eigenvalue weighted by Crippen LogP contribution is 2.26. The summed E-state index contributed by atoms with van der Waals surface area (Å²) in [6.45, 7) is 4.25. The van der Waals surface area contributed by atoms with E-state index in [0.717, 1.165) is 18.4 Å². The van der Waals surface area contributed by atoms with E-state index in [1.54, 1.807) is 41.8 Å². The molecule has 3 aromatic heterocycles. The van der Waals surface area contributed by atoms with Crippen molar-refractivity contribution in [3.8, 4) is 17.6 Å². The van der Waals surface area contributed by atoms with Gasteiger partial charge in [-0.2, -0.15) is 20.3 Å². The number of pyridine rings is 2. The molecule has 4 heterocycles. The number of amides is 1. The average molecular weight is 403 g/mol. The molecule has 0 N–H and O–H groups in total. The molecule has 4 rings (SSSR count). The van der Waals surface area contributed by atoms with E-state index in [1.807, 2.05) is 13.8 Å². The van der Waals surface area contributed by atoms with E-state index >= 15 is 0 Å². The number of rotatable bonds is 4. The van der Waals surface area contributed by atoms with Crippen LogP contribution in [0.4, 0.5) is 0 Å².